The van der Waals surface area contributed by atoms with Crippen molar-refractivity contribution in [1.82, 2.24) is 0 Å². The van der Waals surface area contributed by atoms with Crippen LogP contribution < -0.4 is 60.2 Å². The lowest BCUT2D eigenvalue weighted by atomic mass is 10.3. The minimum atomic E-state index is -2.67. The summed E-state index contributed by atoms with van der Waals surface area (Å²) < 4.78 is 35.1. The van der Waals surface area contributed by atoms with E-state index in [1.807, 2.05) is 36.4 Å². The Morgan fingerprint density at radius 2 is 0.462 bits per heavy atom. The van der Waals surface area contributed by atoms with Gasteiger partial charge in [-0.3, -0.25) is 0 Å². The molecule has 264 valence electrons. The maximum atomic E-state index is 5.85. The molecule has 6 aromatic carbocycles. The molecular formula is C44H44O6P2+2. The van der Waals surface area contributed by atoms with Gasteiger partial charge in [0.2, 0.25) is 0 Å². The van der Waals surface area contributed by atoms with E-state index < -0.39 is 14.5 Å². The van der Waals surface area contributed by atoms with Gasteiger partial charge in [0.25, 0.3) is 0 Å². The second-order valence-corrected chi connectivity index (χ2v) is 18.5. The molecule has 0 unspecified atom stereocenters. The predicted octanol–water partition coefficient (Wildman–Crippen LogP) is 7.50. The van der Waals surface area contributed by atoms with Crippen LogP contribution in [0, 0.1) is 0 Å². The van der Waals surface area contributed by atoms with Crippen LogP contribution in [0.2, 0.25) is 0 Å². The average Bonchev–Trinajstić information content (AvgIpc) is 3.22. The van der Waals surface area contributed by atoms with Gasteiger partial charge >= 0.3 is 0 Å². The molecule has 0 aliphatic carbocycles. The second kappa shape index (κ2) is 16.4. The molecule has 0 heterocycles. The zero-order valence-electron chi connectivity index (χ0n) is 30.4. The molecule has 6 rings (SSSR count). The van der Waals surface area contributed by atoms with E-state index in [0.29, 0.717) is 0 Å². The van der Waals surface area contributed by atoms with Crippen LogP contribution in [0.3, 0.4) is 0 Å². The van der Waals surface area contributed by atoms with Gasteiger partial charge in [0, 0.05) is 36.4 Å². The first-order chi connectivity index (χ1) is 25.4. The first-order valence-electron chi connectivity index (χ1n) is 16.8. The van der Waals surface area contributed by atoms with Crippen LogP contribution >= 0.6 is 14.5 Å². The van der Waals surface area contributed by atoms with Crippen molar-refractivity contribution in [3.8, 4) is 34.5 Å². The van der Waals surface area contributed by atoms with Gasteiger partial charge in [0.1, 0.15) is 92.5 Å². The van der Waals surface area contributed by atoms with Gasteiger partial charge in [0.15, 0.2) is 0 Å². The SMILES string of the molecule is COc1cccc([P+](/C=C/[P+](c2cccc(OC)c2)(c2cccc(OC)c2)c2cccc(OC)c2)(c2cccc(OC)c2)c2cccc(OC)c2)c1. The van der Waals surface area contributed by atoms with Gasteiger partial charge in [-0.2, -0.15) is 0 Å². The van der Waals surface area contributed by atoms with Gasteiger partial charge in [-0.1, -0.05) is 36.4 Å². The largest absolute Gasteiger partial charge is 0.497 e. The maximum absolute atomic E-state index is 5.85. The van der Waals surface area contributed by atoms with Crippen LogP contribution in [0.1, 0.15) is 0 Å². The van der Waals surface area contributed by atoms with Gasteiger partial charge in [-0.25, -0.2) is 0 Å². The first-order valence-corrected chi connectivity index (χ1v) is 20.5. The lowest BCUT2D eigenvalue weighted by molar-refractivity contribution is 0.415. The fraction of sp³-hybridized carbons (Fsp3) is 0.136. The fourth-order valence-electron chi connectivity index (χ4n) is 6.59. The minimum absolute atomic E-state index is 0.774. The van der Waals surface area contributed by atoms with Gasteiger partial charge in [-0.15, -0.1) is 0 Å². The molecule has 0 spiro atoms. The number of rotatable bonds is 14. The Kier molecular flexibility index (Phi) is 11.5. The summed E-state index contributed by atoms with van der Waals surface area (Å²) in [6.07, 6.45) is 0. The average molecular weight is 731 g/mol. The van der Waals surface area contributed by atoms with Crippen molar-refractivity contribution < 1.29 is 28.4 Å². The molecule has 0 amide bonds. The van der Waals surface area contributed by atoms with Crippen molar-refractivity contribution in [3.05, 3.63) is 157 Å². The molecule has 6 aromatic rings. The van der Waals surface area contributed by atoms with E-state index in [0.717, 1.165) is 66.3 Å². The topological polar surface area (TPSA) is 55.4 Å². The summed E-state index contributed by atoms with van der Waals surface area (Å²) in [5, 5.41) is 6.69. The van der Waals surface area contributed by atoms with Crippen molar-refractivity contribution in [2.75, 3.05) is 42.7 Å². The molecule has 0 N–H and O–H groups in total. The fourth-order valence-corrected chi connectivity index (χ4v) is 14.9. The third kappa shape index (κ3) is 7.10. The van der Waals surface area contributed by atoms with Crippen molar-refractivity contribution in [1.29, 1.82) is 0 Å². The van der Waals surface area contributed by atoms with Crippen LogP contribution in [0.25, 0.3) is 0 Å². The highest BCUT2D eigenvalue weighted by Crippen LogP contribution is 2.64. The van der Waals surface area contributed by atoms with Crippen LogP contribution in [0.4, 0.5) is 0 Å². The zero-order valence-corrected chi connectivity index (χ0v) is 32.1. The number of methoxy groups -OCH3 is 6. The first kappa shape index (κ1) is 36.5. The molecular weight excluding hydrogens is 686 g/mol. The Hall–Kier alpha value is -5.28. The zero-order chi connectivity index (χ0) is 36.6. The molecule has 0 bridgehead atoms. The highest BCUT2D eigenvalue weighted by molar-refractivity contribution is 8.01. The molecule has 0 aliphatic heterocycles. The van der Waals surface area contributed by atoms with Gasteiger partial charge in [-0.05, 0) is 72.8 Å². The number of benzene rings is 6. The van der Waals surface area contributed by atoms with E-state index in [4.69, 9.17) is 28.4 Å². The minimum Gasteiger partial charge on any atom is -0.497 e. The smallest absolute Gasteiger partial charge is 0.140 e. The molecule has 0 saturated carbocycles. The summed E-state index contributed by atoms with van der Waals surface area (Å²) in [5.41, 5.74) is 0. The molecule has 0 radical (unpaired) electrons. The molecule has 0 fully saturated rings. The van der Waals surface area contributed by atoms with Crippen LogP contribution in [0.5, 0.6) is 34.5 Å². The number of hydrogen-bond acceptors (Lipinski definition) is 6. The summed E-state index contributed by atoms with van der Waals surface area (Å²) in [7, 11) is 4.88. The highest BCUT2D eigenvalue weighted by atomic mass is 31.2. The van der Waals surface area contributed by atoms with Gasteiger partial charge < -0.3 is 28.4 Å². The molecule has 8 heteroatoms. The number of hydrogen-bond donors (Lipinski definition) is 0. The van der Waals surface area contributed by atoms with Crippen molar-refractivity contribution in [2.45, 2.75) is 0 Å². The Morgan fingerprint density at radius 1 is 0.288 bits per heavy atom. The standard InChI is InChI=1S/C44H44O6P2/c1-45-33-13-7-19-39(27-33)51(40-20-8-14-34(28-40)46-2,41-21-9-15-35(29-41)47-3)25-26-52(42-22-10-16-36(30-42)48-4,43-23-11-17-37(31-43)49-5)44-24-12-18-38(32-44)50-6/h7-32H,1-6H3/q+2/b26-25+. The molecule has 6 nitrogen and oxygen atoms in total. The lowest BCUT2D eigenvalue weighted by Gasteiger charge is -2.28. The summed E-state index contributed by atoms with van der Waals surface area (Å²) >= 11 is 0. The molecule has 0 aliphatic rings. The van der Waals surface area contributed by atoms with E-state index in [9.17, 15) is 0 Å². The summed E-state index contributed by atoms with van der Waals surface area (Å²) in [6, 6.07) is 50.4. The lowest BCUT2D eigenvalue weighted by Crippen LogP contribution is -2.32. The second-order valence-electron chi connectivity index (χ2n) is 12.0. The monoisotopic (exact) mass is 730 g/mol. The summed E-state index contributed by atoms with van der Waals surface area (Å²) in [6.45, 7) is 0. The molecule has 0 saturated heterocycles. The van der Waals surface area contributed by atoms with Crippen molar-refractivity contribution >= 4 is 46.4 Å². The predicted molar refractivity (Wildman–Crippen MR) is 219 cm³/mol. The van der Waals surface area contributed by atoms with E-state index >= 15 is 0 Å². The van der Waals surface area contributed by atoms with Crippen LogP contribution in [-0.4, -0.2) is 42.7 Å². The van der Waals surface area contributed by atoms with E-state index in [-0.39, 0.29) is 0 Å². The summed E-state index contributed by atoms with van der Waals surface area (Å²) in [5.74, 6) is 9.55. The molecule has 0 aromatic heterocycles. The summed E-state index contributed by atoms with van der Waals surface area (Å²) in [4.78, 5) is 0. The van der Waals surface area contributed by atoms with Crippen LogP contribution in [-0.2, 0) is 0 Å². The Labute approximate surface area is 308 Å². The van der Waals surface area contributed by atoms with Crippen molar-refractivity contribution in [3.63, 3.8) is 0 Å². The quantitative estimate of drug-likeness (QED) is 0.108. The molecule has 52 heavy (non-hydrogen) atoms. The van der Waals surface area contributed by atoms with E-state index in [1.165, 1.54) is 0 Å². The van der Waals surface area contributed by atoms with Crippen LogP contribution in [0.15, 0.2) is 157 Å². The maximum Gasteiger partial charge on any atom is 0.140 e. The number of ether oxygens (including phenoxy) is 6. The Morgan fingerprint density at radius 3 is 0.615 bits per heavy atom. The third-order valence-electron chi connectivity index (χ3n) is 9.28. The van der Waals surface area contributed by atoms with Crippen molar-refractivity contribution in [2.24, 2.45) is 0 Å². The van der Waals surface area contributed by atoms with Gasteiger partial charge in [0.05, 0.1) is 42.7 Å². The van der Waals surface area contributed by atoms with E-state index in [2.05, 4.69) is 121 Å². The molecule has 0 atom stereocenters. The van der Waals surface area contributed by atoms with E-state index in [1.54, 1.807) is 42.7 Å². The Balaban J connectivity index is 1.81. The normalized spacial score (nSPS) is 11.6. The third-order valence-corrected chi connectivity index (χ3v) is 17.3. The highest BCUT2D eigenvalue weighted by Gasteiger charge is 2.50. The Bertz CT molecular complexity index is 1780.